The van der Waals surface area contributed by atoms with E-state index in [1.165, 1.54) is 21.8 Å². The number of likely N-dealkylation sites (tertiary alicyclic amines) is 1. The predicted molar refractivity (Wildman–Crippen MR) is 123 cm³/mol. The van der Waals surface area contributed by atoms with Crippen LogP contribution in [0.15, 0.2) is 34.1 Å². The molecular formula is C24H24N2O5S2. The molecular weight excluding hydrogens is 460 g/mol. The number of aryl methyl sites for hydroxylation is 1. The number of carboxylic acid groups (broad SMARTS) is 1. The molecule has 7 atom stereocenters. The Morgan fingerprint density at radius 3 is 2.52 bits per heavy atom. The summed E-state index contributed by atoms with van der Waals surface area (Å²) in [5.41, 5.74) is 2.33. The number of carboxylic acids is 1. The third kappa shape index (κ3) is 3.08. The molecule has 1 saturated heterocycles. The van der Waals surface area contributed by atoms with Gasteiger partial charge in [-0.2, -0.15) is 0 Å². The molecule has 2 saturated carbocycles. The Hall–Kier alpha value is -2.39. The normalized spacial score (nSPS) is 33.8. The van der Waals surface area contributed by atoms with Crippen LogP contribution in [-0.2, 0) is 14.4 Å². The molecule has 4 aliphatic rings. The number of H-pyrrole nitrogens is 1. The largest absolute Gasteiger partial charge is 0.481 e. The van der Waals surface area contributed by atoms with Crippen LogP contribution in [0.1, 0.15) is 41.2 Å². The van der Waals surface area contributed by atoms with E-state index in [2.05, 4.69) is 29.2 Å². The van der Waals surface area contributed by atoms with Gasteiger partial charge in [-0.05, 0) is 43.1 Å². The number of thiazole rings is 1. The van der Waals surface area contributed by atoms with Gasteiger partial charge >= 0.3 is 10.8 Å². The molecule has 2 amide bonds. The molecule has 1 aromatic heterocycles. The van der Waals surface area contributed by atoms with Crippen molar-refractivity contribution in [1.29, 1.82) is 0 Å². The monoisotopic (exact) mass is 484 g/mol. The highest BCUT2D eigenvalue weighted by atomic mass is 32.2. The minimum absolute atomic E-state index is 0.0377. The number of rotatable bonds is 5. The van der Waals surface area contributed by atoms with Crippen LogP contribution in [0, 0.1) is 36.5 Å². The summed E-state index contributed by atoms with van der Waals surface area (Å²) in [6.07, 6.45) is 1.09. The van der Waals surface area contributed by atoms with E-state index in [-0.39, 0.29) is 76.8 Å². The summed E-state index contributed by atoms with van der Waals surface area (Å²) in [6.45, 7) is 2.23. The minimum atomic E-state index is -0.919. The molecule has 6 rings (SSSR count). The molecule has 2 aliphatic heterocycles. The van der Waals surface area contributed by atoms with E-state index in [0.29, 0.717) is 0 Å². The number of imide groups is 1. The van der Waals surface area contributed by atoms with Crippen molar-refractivity contribution in [2.75, 3.05) is 6.54 Å². The van der Waals surface area contributed by atoms with Crippen molar-refractivity contribution in [3.63, 3.8) is 0 Å². The fraction of sp³-hybridized carbons (Fsp3) is 0.500. The Labute approximate surface area is 198 Å². The Balaban J connectivity index is 1.37. The van der Waals surface area contributed by atoms with Gasteiger partial charge < -0.3 is 10.1 Å². The highest BCUT2D eigenvalue weighted by Crippen LogP contribution is 2.68. The molecule has 9 heteroatoms. The first-order valence-corrected chi connectivity index (χ1v) is 13.1. The number of nitrogens with one attached hydrogen (secondary N) is 1. The first kappa shape index (κ1) is 21.2. The first-order valence-electron chi connectivity index (χ1n) is 11.4. The summed E-state index contributed by atoms with van der Waals surface area (Å²) in [4.78, 5) is 55.1. The molecule has 33 heavy (non-hydrogen) atoms. The Kier molecular flexibility index (Phi) is 4.85. The van der Waals surface area contributed by atoms with Crippen LogP contribution in [0.25, 0.3) is 0 Å². The smallest absolute Gasteiger partial charge is 0.305 e. The lowest BCUT2D eigenvalue weighted by Crippen LogP contribution is -2.42. The Bertz CT molecular complexity index is 1220. The van der Waals surface area contributed by atoms with Gasteiger partial charge in [-0.1, -0.05) is 41.2 Å². The molecule has 3 heterocycles. The SMILES string of the molecule is Cc1ccc(C2c3sc(=O)[nH]c3SC3C4CC(C5C(=O)N(CCCC(=O)O)C(=O)C45)C23)cc1. The number of carbonyl (C=O) groups is 3. The second-order valence-electron chi connectivity index (χ2n) is 9.70. The summed E-state index contributed by atoms with van der Waals surface area (Å²) in [5.74, 6) is -1.38. The number of hydrogen-bond donors (Lipinski definition) is 2. The summed E-state index contributed by atoms with van der Waals surface area (Å²) < 4.78 is 0. The van der Waals surface area contributed by atoms with Gasteiger partial charge in [0.05, 0.1) is 16.9 Å². The maximum atomic E-state index is 13.4. The lowest BCUT2D eigenvalue weighted by atomic mass is 9.68. The number of aliphatic carboxylic acids is 1. The highest BCUT2D eigenvalue weighted by Gasteiger charge is 2.69. The molecule has 7 unspecified atom stereocenters. The Morgan fingerprint density at radius 1 is 1.12 bits per heavy atom. The number of carbonyl (C=O) groups excluding carboxylic acids is 2. The van der Waals surface area contributed by atoms with E-state index in [9.17, 15) is 19.2 Å². The van der Waals surface area contributed by atoms with Crippen molar-refractivity contribution in [3.8, 4) is 0 Å². The molecule has 0 spiro atoms. The van der Waals surface area contributed by atoms with Gasteiger partial charge in [0.15, 0.2) is 0 Å². The summed E-state index contributed by atoms with van der Waals surface area (Å²) in [7, 11) is 0. The average Bonchev–Trinajstić information content (AvgIpc) is 3.49. The van der Waals surface area contributed by atoms with E-state index in [0.717, 1.165) is 21.9 Å². The van der Waals surface area contributed by atoms with E-state index in [1.807, 2.05) is 6.92 Å². The van der Waals surface area contributed by atoms with Gasteiger partial charge in [0.2, 0.25) is 11.8 Å². The first-order chi connectivity index (χ1) is 15.8. The fourth-order valence-electron chi connectivity index (χ4n) is 6.83. The van der Waals surface area contributed by atoms with Crippen molar-refractivity contribution in [2.45, 2.75) is 42.4 Å². The fourth-order valence-corrected chi connectivity index (χ4v) is 9.72. The second-order valence-corrected chi connectivity index (χ2v) is 11.9. The number of fused-ring (bicyclic) bond motifs is 9. The molecule has 2 N–H and O–H groups in total. The van der Waals surface area contributed by atoms with Crippen LogP contribution in [-0.4, -0.2) is 44.6 Å². The van der Waals surface area contributed by atoms with Gasteiger partial charge in [0.1, 0.15) is 0 Å². The third-order valence-electron chi connectivity index (χ3n) is 8.02. The molecule has 2 aliphatic carbocycles. The molecule has 2 aromatic rings. The average molecular weight is 485 g/mol. The number of benzene rings is 1. The molecule has 1 aromatic carbocycles. The van der Waals surface area contributed by atoms with Crippen LogP contribution in [0.2, 0.25) is 0 Å². The number of aromatic amines is 1. The van der Waals surface area contributed by atoms with Gasteiger partial charge in [-0.3, -0.25) is 24.1 Å². The molecule has 0 radical (unpaired) electrons. The zero-order valence-electron chi connectivity index (χ0n) is 18.0. The number of thioether (sulfide) groups is 1. The quantitative estimate of drug-likeness (QED) is 0.632. The number of aromatic nitrogens is 1. The third-order valence-corrected chi connectivity index (χ3v) is 10.6. The van der Waals surface area contributed by atoms with Crippen molar-refractivity contribution in [3.05, 3.63) is 49.9 Å². The lowest BCUT2D eigenvalue weighted by molar-refractivity contribution is -0.142. The summed E-state index contributed by atoms with van der Waals surface area (Å²) in [5, 5.41) is 10.0. The number of nitrogens with zero attached hydrogens (tertiary/aromatic N) is 1. The molecule has 2 bridgehead atoms. The minimum Gasteiger partial charge on any atom is -0.481 e. The van der Waals surface area contributed by atoms with Gasteiger partial charge in [-0.15, -0.1) is 11.8 Å². The van der Waals surface area contributed by atoms with Gasteiger partial charge in [0.25, 0.3) is 0 Å². The number of amides is 2. The zero-order chi connectivity index (χ0) is 23.0. The molecule has 7 nitrogen and oxygen atoms in total. The van der Waals surface area contributed by atoms with Crippen LogP contribution in [0.4, 0.5) is 0 Å². The topological polar surface area (TPSA) is 108 Å². The van der Waals surface area contributed by atoms with Crippen molar-refractivity contribution in [1.82, 2.24) is 9.88 Å². The maximum Gasteiger partial charge on any atom is 0.305 e. The van der Waals surface area contributed by atoms with Crippen LogP contribution >= 0.6 is 23.1 Å². The predicted octanol–water partition coefficient (Wildman–Crippen LogP) is 3.08. The lowest BCUT2D eigenvalue weighted by Gasteiger charge is -2.43. The maximum absolute atomic E-state index is 13.4. The standard InChI is InChI=1S/C24H24N2O5S2/c1-10-4-6-11(7-5-10)15-16-12-9-13(19(16)32-21-20(15)33-24(31)25-21)18-17(12)22(29)26(23(18)30)8-2-3-14(27)28/h4-7,12-13,15-19H,2-3,8-9H2,1H3,(H,25,31)(H,27,28). The van der Waals surface area contributed by atoms with Crippen molar-refractivity contribution >= 4 is 40.9 Å². The molecule has 3 fully saturated rings. The van der Waals surface area contributed by atoms with Crippen LogP contribution in [0.5, 0.6) is 0 Å². The summed E-state index contributed by atoms with van der Waals surface area (Å²) >= 11 is 2.95. The van der Waals surface area contributed by atoms with Gasteiger partial charge in [0, 0.05) is 29.0 Å². The van der Waals surface area contributed by atoms with E-state index in [4.69, 9.17) is 5.11 Å². The van der Waals surface area contributed by atoms with Crippen molar-refractivity contribution < 1.29 is 19.5 Å². The second kappa shape index (κ2) is 7.56. The van der Waals surface area contributed by atoms with Crippen molar-refractivity contribution in [2.24, 2.45) is 29.6 Å². The van der Waals surface area contributed by atoms with E-state index < -0.39 is 5.97 Å². The van der Waals surface area contributed by atoms with E-state index in [1.54, 1.807) is 11.8 Å². The van der Waals surface area contributed by atoms with E-state index >= 15 is 0 Å². The van der Waals surface area contributed by atoms with Crippen LogP contribution < -0.4 is 4.87 Å². The van der Waals surface area contributed by atoms with Gasteiger partial charge in [-0.25, -0.2) is 0 Å². The summed E-state index contributed by atoms with van der Waals surface area (Å²) in [6, 6.07) is 8.44. The van der Waals surface area contributed by atoms with Crippen LogP contribution in [0.3, 0.4) is 0 Å². The zero-order valence-corrected chi connectivity index (χ0v) is 19.7. The highest BCUT2D eigenvalue weighted by molar-refractivity contribution is 8.00. The molecule has 172 valence electrons. The number of hydrogen-bond acceptors (Lipinski definition) is 6. The Morgan fingerprint density at radius 2 is 1.82 bits per heavy atom.